The second-order valence-corrected chi connectivity index (χ2v) is 8.13. The Bertz CT molecular complexity index is 999. The highest BCUT2D eigenvalue weighted by atomic mass is 16.5. The third kappa shape index (κ3) is 5.09. The number of hydrogen-bond donors (Lipinski definition) is 1. The van der Waals surface area contributed by atoms with E-state index in [9.17, 15) is 5.11 Å². The lowest BCUT2D eigenvalue weighted by Crippen LogP contribution is -2.33. The predicted octanol–water partition coefficient (Wildman–Crippen LogP) is 4.62. The number of aromatic nitrogens is 2. The van der Waals surface area contributed by atoms with Gasteiger partial charge in [-0.15, -0.1) is 0 Å². The molecule has 1 aliphatic carbocycles. The maximum atomic E-state index is 10.3. The molecule has 1 N–H and O–H groups in total. The summed E-state index contributed by atoms with van der Waals surface area (Å²) in [6.07, 6.45) is 2.75. The Balaban J connectivity index is 1.72. The van der Waals surface area contributed by atoms with Crippen molar-refractivity contribution in [3.63, 3.8) is 0 Å². The molecule has 0 bridgehead atoms. The summed E-state index contributed by atoms with van der Waals surface area (Å²) in [6, 6.07) is 18.3. The van der Waals surface area contributed by atoms with Gasteiger partial charge in [0.15, 0.2) is 0 Å². The number of aliphatic hydroxyl groups excluding tert-OH is 1. The number of nitrogens with zero attached hydrogens (tertiary/aromatic N) is 3. The molecule has 0 amide bonds. The topological polar surface area (TPSA) is 59.8 Å². The van der Waals surface area contributed by atoms with Crippen molar-refractivity contribution in [3.8, 4) is 28.6 Å². The van der Waals surface area contributed by atoms with Gasteiger partial charge in [0.1, 0.15) is 17.2 Å². The van der Waals surface area contributed by atoms with Gasteiger partial charge in [0.2, 0.25) is 5.88 Å². The molecule has 6 heteroatoms. The molecule has 31 heavy (non-hydrogen) atoms. The standard InChI is InChI=1S/C25H31N3O3/c1-4-20(29)16-28(19-13-14-19)17-23-24(18-9-6-5-7-10-18)26-27(2)25(23)31-22-12-8-11-21(15-22)30-3/h5-12,15,19-20,29H,4,13-14,16-17H2,1-3H3/t20-/m0/s1. The average Bonchev–Trinajstić information content (AvgIpc) is 3.60. The summed E-state index contributed by atoms with van der Waals surface area (Å²) in [5, 5.41) is 15.2. The van der Waals surface area contributed by atoms with Gasteiger partial charge >= 0.3 is 0 Å². The van der Waals surface area contributed by atoms with Crippen LogP contribution >= 0.6 is 0 Å². The zero-order valence-electron chi connectivity index (χ0n) is 18.5. The molecule has 1 atom stereocenters. The molecule has 164 valence electrons. The van der Waals surface area contributed by atoms with E-state index in [0.29, 0.717) is 30.8 Å². The van der Waals surface area contributed by atoms with Crippen molar-refractivity contribution < 1.29 is 14.6 Å². The number of rotatable bonds is 10. The molecule has 6 nitrogen and oxygen atoms in total. The fraction of sp³-hybridized carbons (Fsp3) is 0.400. The first-order valence-corrected chi connectivity index (χ1v) is 10.9. The van der Waals surface area contributed by atoms with Crippen molar-refractivity contribution in [1.82, 2.24) is 14.7 Å². The van der Waals surface area contributed by atoms with E-state index < -0.39 is 0 Å². The monoisotopic (exact) mass is 421 g/mol. The van der Waals surface area contributed by atoms with Gasteiger partial charge < -0.3 is 14.6 Å². The van der Waals surface area contributed by atoms with Gasteiger partial charge in [0.05, 0.1) is 18.8 Å². The molecule has 1 heterocycles. The van der Waals surface area contributed by atoms with Gasteiger partial charge in [0.25, 0.3) is 0 Å². The Morgan fingerprint density at radius 3 is 2.55 bits per heavy atom. The summed E-state index contributed by atoms with van der Waals surface area (Å²) in [7, 11) is 3.56. The smallest absolute Gasteiger partial charge is 0.222 e. The highest BCUT2D eigenvalue weighted by Crippen LogP contribution is 2.37. The molecule has 0 aliphatic heterocycles. The van der Waals surface area contributed by atoms with Crippen molar-refractivity contribution in [2.45, 2.75) is 44.9 Å². The van der Waals surface area contributed by atoms with Gasteiger partial charge in [-0.2, -0.15) is 5.10 Å². The van der Waals surface area contributed by atoms with Gasteiger partial charge in [-0.3, -0.25) is 4.90 Å². The van der Waals surface area contributed by atoms with E-state index in [4.69, 9.17) is 14.6 Å². The molecule has 1 saturated carbocycles. The van der Waals surface area contributed by atoms with Crippen LogP contribution in [-0.2, 0) is 13.6 Å². The first-order chi connectivity index (χ1) is 15.1. The van der Waals surface area contributed by atoms with Crippen LogP contribution < -0.4 is 9.47 Å². The minimum Gasteiger partial charge on any atom is -0.497 e. The van der Waals surface area contributed by atoms with Gasteiger partial charge in [-0.1, -0.05) is 43.3 Å². The molecule has 0 spiro atoms. The van der Waals surface area contributed by atoms with Crippen LogP contribution in [0.15, 0.2) is 54.6 Å². The van der Waals surface area contributed by atoms with Crippen molar-refractivity contribution in [3.05, 3.63) is 60.2 Å². The fourth-order valence-electron chi connectivity index (χ4n) is 3.81. The Hall–Kier alpha value is -2.83. The van der Waals surface area contributed by atoms with Crippen molar-refractivity contribution in [2.24, 2.45) is 7.05 Å². The van der Waals surface area contributed by atoms with Crippen LogP contribution in [0.25, 0.3) is 11.3 Å². The van der Waals surface area contributed by atoms with E-state index in [0.717, 1.165) is 29.0 Å². The SMILES string of the molecule is CC[C@H](O)CN(Cc1c(-c2ccccc2)nn(C)c1Oc1cccc(OC)c1)C1CC1. The largest absolute Gasteiger partial charge is 0.497 e. The minimum atomic E-state index is -0.333. The molecule has 0 saturated heterocycles. The third-order valence-electron chi connectivity index (χ3n) is 5.73. The summed E-state index contributed by atoms with van der Waals surface area (Å²) >= 11 is 0. The number of aryl methyl sites for hydroxylation is 1. The average molecular weight is 422 g/mol. The van der Waals surface area contributed by atoms with Crippen LogP contribution in [0.1, 0.15) is 31.7 Å². The lowest BCUT2D eigenvalue weighted by Gasteiger charge is -2.25. The van der Waals surface area contributed by atoms with E-state index in [1.54, 1.807) is 11.8 Å². The van der Waals surface area contributed by atoms with Crippen LogP contribution in [-0.4, -0.2) is 45.6 Å². The highest BCUT2D eigenvalue weighted by Gasteiger charge is 2.32. The van der Waals surface area contributed by atoms with Crippen LogP contribution in [0.2, 0.25) is 0 Å². The molecule has 1 aromatic heterocycles. The third-order valence-corrected chi connectivity index (χ3v) is 5.73. The molecule has 1 aliphatic rings. The Kier molecular flexibility index (Phi) is 6.59. The summed E-state index contributed by atoms with van der Waals surface area (Å²) < 4.78 is 13.5. The zero-order chi connectivity index (χ0) is 21.8. The number of aliphatic hydroxyl groups is 1. The number of methoxy groups -OCH3 is 1. The fourth-order valence-corrected chi connectivity index (χ4v) is 3.81. The van der Waals surface area contributed by atoms with E-state index in [1.807, 2.05) is 56.4 Å². The number of benzene rings is 2. The summed E-state index contributed by atoms with van der Waals surface area (Å²) in [6.45, 7) is 3.36. The van der Waals surface area contributed by atoms with Crippen LogP contribution in [0.4, 0.5) is 0 Å². The highest BCUT2D eigenvalue weighted by molar-refractivity contribution is 5.65. The quantitative estimate of drug-likeness (QED) is 0.517. The normalized spacial score (nSPS) is 14.6. The molecule has 0 unspecified atom stereocenters. The predicted molar refractivity (Wildman–Crippen MR) is 121 cm³/mol. The van der Waals surface area contributed by atoms with Crippen molar-refractivity contribution in [1.29, 1.82) is 0 Å². The maximum absolute atomic E-state index is 10.3. The second-order valence-electron chi connectivity index (χ2n) is 8.13. The molecular formula is C25H31N3O3. The molecule has 1 fully saturated rings. The van der Waals surface area contributed by atoms with E-state index in [-0.39, 0.29) is 6.10 Å². The zero-order valence-corrected chi connectivity index (χ0v) is 18.5. The lowest BCUT2D eigenvalue weighted by molar-refractivity contribution is 0.101. The minimum absolute atomic E-state index is 0.333. The maximum Gasteiger partial charge on any atom is 0.222 e. The van der Waals surface area contributed by atoms with Crippen LogP contribution in [0.3, 0.4) is 0 Å². The van der Waals surface area contributed by atoms with Crippen molar-refractivity contribution >= 4 is 0 Å². The Morgan fingerprint density at radius 2 is 1.87 bits per heavy atom. The van der Waals surface area contributed by atoms with Gasteiger partial charge in [0, 0.05) is 37.8 Å². The summed E-state index contributed by atoms with van der Waals surface area (Å²) in [5.74, 6) is 2.16. The van der Waals surface area contributed by atoms with E-state index >= 15 is 0 Å². The molecule has 0 radical (unpaired) electrons. The molecular weight excluding hydrogens is 390 g/mol. The molecule has 3 aromatic rings. The lowest BCUT2D eigenvalue weighted by atomic mass is 10.1. The van der Waals surface area contributed by atoms with E-state index in [1.165, 1.54) is 12.8 Å². The van der Waals surface area contributed by atoms with Gasteiger partial charge in [-0.25, -0.2) is 4.68 Å². The Labute approximate surface area is 184 Å². The molecule has 2 aromatic carbocycles. The molecule has 4 rings (SSSR count). The van der Waals surface area contributed by atoms with Crippen LogP contribution in [0.5, 0.6) is 17.4 Å². The Morgan fingerprint density at radius 1 is 1.13 bits per heavy atom. The summed E-state index contributed by atoms with van der Waals surface area (Å²) in [5.41, 5.74) is 3.00. The van der Waals surface area contributed by atoms with Gasteiger partial charge in [-0.05, 0) is 31.4 Å². The first kappa shape index (κ1) is 21.4. The second kappa shape index (κ2) is 9.54. The van der Waals surface area contributed by atoms with E-state index in [2.05, 4.69) is 17.0 Å². The van der Waals surface area contributed by atoms with Crippen LogP contribution in [0, 0.1) is 0 Å². The first-order valence-electron chi connectivity index (χ1n) is 10.9. The number of hydrogen-bond acceptors (Lipinski definition) is 5. The summed E-state index contributed by atoms with van der Waals surface area (Å²) in [4.78, 5) is 2.37. The number of ether oxygens (including phenoxy) is 2. The van der Waals surface area contributed by atoms with Crippen molar-refractivity contribution in [2.75, 3.05) is 13.7 Å².